The van der Waals surface area contributed by atoms with Gasteiger partial charge in [0, 0.05) is 19.0 Å². The predicted molar refractivity (Wildman–Crippen MR) is 141 cm³/mol. The van der Waals surface area contributed by atoms with Crippen molar-refractivity contribution in [1.29, 1.82) is 0 Å². The van der Waals surface area contributed by atoms with E-state index >= 15 is 0 Å². The lowest BCUT2D eigenvalue weighted by atomic mass is 10.1. The van der Waals surface area contributed by atoms with Crippen LogP contribution < -0.4 is 0 Å². The minimum atomic E-state index is -1.37. The molecule has 4 N–H and O–H groups in total. The maximum Gasteiger partial charge on any atom is 0.203 e. The Labute approximate surface area is 212 Å². The number of aliphatic hydroxyl groups is 4. The molecule has 0 radical (unpaired) electrons. The van der Waals surface area contributed by atoms with Crippen LogP contribution in [0.3, 0.4) is 0 Å². The molecule has 0 amide bonds. The Morgan fingerprint density at radius 2 is 2.09 bits per heavy atom. The zero-order valence-corrected chi connectivity index (χ0v) is 22.5. The lowest BCUT2D eigenvalue weighted by Gasteiger charge is -2.21. The average molecular weight is 513 g/mol. The molecule has 2 atom stereocenters. The van der Waals surface area contributed by atoms with Crippen LogP contribution in [0.1, 0.15) is 56.9 Å². The molecule has 0 aromatic carbocycles. The highest BCUT2D eigenvalue weighted by Gasteiger charge is 2.40. The molecule has 1 aromatic rings. The number of hydrogen-bond acceptors (Lipinski definition) is 9. The van der Waals surface area contributed by atoms with Crippen LogP contribution in [0.4, 0.5) is 0 Å². The molecule has 192 valence electrons. The second-order valence-corrected chi connectivity index (χ2v) is 8.83. The van der Waals surface area contributed by atoms with Gasteiger partial charge in [-0.3, -0.25) is 0 Å². The fourth-order valence-electron chi connectivity index (χ4n) is 2.69. The van der Waals surface area contributed by atoms with Crippen molar-refractivity contribution in [3.63, 3.8) is 0 Å². The van der Waals surface area contributed by atoms with Crippen LogP contribution in [0.5, 0.6) is 0 Å². The number of ether oxygens (including phenoxy) is 1. The van der Waals surface area contributed by atoms with Gasteiger partial charge in [0.15, 0.2) is 6.29 Å². The minimum Gasteiger partial charge on any atom is -0.394 e. The van der Waals surface area contributed by atoms with Crippen LogP contribution in [0.2, 0.25) is 0 Å². The van der Waals surface area contributed by atoms with E-state index in [-0.39, 0.29) is 12.7 Å². The summed E-state index contributed by atoms with van der Waals surface area (Å²) in [6.45, 7) is 11.6. The molecule has 34 heavy (non-hydrogen) atoms. The van der Waals surface area contributed by atoms with E-state index < -0.39 is 12.1 Å². The Kier molecular flexibility index (Phi) is 17.8. The van der Waals surface area contributed by atoms with Gasteiger partial charge in [0.25, 0.3) is 0 Å². The van der Waals surface area contributed by atoms with Crippen molar-refractivity contribution < 1.29 is 25.2 Å². The van der Waals surface area contributed by atoms with E-state index in [4.69, 9.17) is 20.1 Å². The average Bonchev–Trinajstić information content (AvgIpc) is 3.26. The number of nitrogens with zero attached hydrogens (tertiary/aromatic N) is 2. The van der Waals surface area contributed by atoms with E-state index in [1.165, 1.54) is 17.7 Å². The largest absolute Gasteiger partial charge is 0.394 e. The second kappa shape index (κ2) is 18.7. The van der Waals surface area contributed by atoms with Gasteiger partial charge in [-0.25, -0.2) is 9.97 Å². The summed E-state index contributed by atoms with van der Waals surface area (Å²) in [5.74, 6) is -1.37. The van der Waals surface area contributed by atoms with Crippen molar-refractivity contribution >= 4 is 23.1 Å². The van der Waals surface area contributed by atoms with Gasteiger partial charge in [-0.15, -0.1) is 23.1 Å². The monoisotopic (exact) mass is 512 g/mol. The number of aryl methyl sites for hydroxylation is 1. The lowest BCUT2D eigenvalue weighted by molar-refractivity contribution is -0.203. The van der Waals surface area contributed by atoms with Gasteiger partial charge in [0.1, 0.15) is 11.4 Å². The molecule has 1 saturated heterocycles. The summed E-state index contributed by atoms with van der Waals surface area (Å²) in [5, 5.41) is 39.6. The molecule has 0 aliphatic carbocycles. The number of rotatable bonds is 8. The molecule has 2 rings (SSSR count). The molecule has 1 aromatic heterocycles. The fraction of sp³-hybridized carbons (Fsp3) is 0.520. The Hall–Kier alpha value is -1.59. The third-order valence-electron chi connectivity index (χ3n) is 4.44. The topological polar surface area (TPSA) is 116 Å². The molecular weight excluding hydrogens is 472 g/mol. The summed E-state index contributed by atoms with van der Waals surface area (Å²) in [7, 11) is 0. The third kappa shape index (κ3) is 12.8. The van der Waals surface area contributed by atoms with Crippen LogP contribution >= 0.6 is 23.1 Å². The highest BCUT2D eigenvalue weighted by atomic mass is 32.2. The van der Waals surface area contributed by atoms with E-state index in [1.54, 1.807) is 18.0 Å². The lowest BCUT2D eigenvalue weighted by Crippen LogP contribution is -2.26. The Bertz CT molecular complexity index is 825. The quantitative estimate of drug-likeness (QED) is 0.223. The summed E-state index contributed by atoms with van der Waals surface area (Å²) >= 11 is 2.93. The van der Waals surface area contributed by atoms with Crippen molar-refractivity contribution in [3.8, 4) is 0 Å². The van der Waals surface area contributed by atoms with Gasteiger partial charge < -0.3 is 25.2 Å². The number of aliphatic hydroxyl groups excluding tert-OH is 2. The maximum absolute atomic E-state index is 10.6. The van der Waals surface area contributed by atoms with E-state index in [0.29, 0.717) is 30.6 Å². The van der Waals surface area contributed by atoms with E-state index in [2.05, 4.69) is 16.5 Å². The van der Waals surface area contributed by atoms with Crippen molar-refractivity contribution in [1.82, 2.24) is 9.97 Å². The molecule has 1 aliphatic rings. The Balaban J connectivity index is 0.000000670. The molecule has 0 saturated carbocycles. The van der Waals surface area contributed by atoms with Crippen molar-refractivity contribution in [2.75, 3.05) is 12.9 Å². The maximum atomic E-state index is 10.6. The highest BCUT2D eigenvalue weighted by Crippen LogP contribution is 2.38. The van der Waals surface area contributed by atoms with Crippen molar-refractivity contribution in [2.24, 2.45) is 0 Å². The first kappa shape index (κ1) is 32.4. The van der Waals surface area contributed by atoms with Crippen LogP contribution in [-0.4, -0.2) is 55.7 Å². The molecule has 0 bridgehead atoms. The van der Waals surface area contributed by atoms with E-state index in [9.17, 15) is 5.11 Å². The van der Waals surface area contributed by atoms with Crippen LogP contribution in [0.25, 0.3) is 0 Å². The number of thioether (sulfide) groups is 1. The molecule has 2 unspecified atom stereocenters. The van der Waals surface area contributed by atoms with E-state index in [1.807, 2.05) is 63.6 Å². The molecule has 0 spiro atoms. The van der Waals surface area contributed by atoms with Crippen LogP contribution in [-0.2, 0) is 10.5 Å². The summed E-state index contributed by atoms with van der Waals surface area (Å²) in [6.07, 6.45) is 13.1. The van der Waals surface area contributed by atoms with Crippen LogP contribution in [0.15, 0.2) is 59.4 Å². The standard InChI is InChI=1S/C13H18N2O3S2.C10H16O2.C2H6/c1-9-7-20-11(5-14-8-15-12(9)19-2)13(17)4-3-10(6-16)18-13;1-3-4-5-6-9(2)7-8-10(11)12;1-2/h5,7-8,10,16-17H,3-4,6H2,1-2H3;3-6,10-12H,2,7-8H2,1H3;1-2H3/b;4-3-,6-5-;. The normalized spacial score (nSPS) is 19.4. The summed E-state index contributed by atoms with van der Waals surface area (Å²) in [5.41, 5.74) is 1.92. The summed E-state index contributed by atoms with van der Waals surface area (Å²) < 4.78 is 5.53. The first-order valence-corrected chi connectivity index (χ1v) is 13.4. The first-order chi connectivity index (χ1) is 16.3. The predicted octanol–water partition coefficient (Wildman–Crippen LogP) is 4.80. The smallest absolute Gasteiger partial charge is 0.203 e. The third-order valence-corrected chi connectivity index (χ3v) is 6.41. The summed E-state index contributed by atoms with van der Waals surface area (Å²) in [4.78, 5) is 8.97. The van der Waals surface area contributed by atoms with Gasteiger partial charge in [-0.05, 0) is 43.9 Å². The van der Waals surface area contributed by atoms with Crippen LogP contribution in [0, 0.1) is 6.92 Å². The van der Waals surface area contributed by atoms with Crippen molar-refractivity contribution in [3.05, 3.63) is 64.8 Å². The Morgan fingerprint density at radius 3 is 2.65 bits per heavy atom. The first-order valence-electron chi connectivity index (χ1n) is 11.3. The Morgan fingerprint density at radius 1 is 1.38 bits per heavy atom. The number of allylic oxidation sites excluding steroid dienone is 5. The van der Waals surface area contributed by atoms with Gasteiger partial charge in [0.2, 0.25) is 5.79 Å². The SMILES string of the molecule is C=C(/C=C\C=C/C)CCC(O)O.CC.CSc1ncncc(C2(O)CCC(CO)O2)scc1C. The molecule has 9 heteroatoms. The van der Waals surface area contributed by atoms with Gasteiger partial charge >= 0.3 is 0 Å². The molecule has 1 aliphatic heterocycles. The molecular formula is C25H40N2O5S2. The fourth-order valence-corrected chi connectivity index (χ4v) is 4.17. The highest BCUT2D eigenvalue weighted by molar-refractivity contribution is 7.98. The van der Waals surface area contributed by atoms with Gasteiger partial charge in [-0.2, -0.15) is 0 Å². The zero-order valence-electron chi connectivity index (χ0n) is 20.8. The minimum absolute atomic E-state index is 0.0852. The molecule has 1 fully saturated rings. The van der Waals surface area contributed by atoms with Gasteiger partial charge in [-0.1, -0.05) is 50.3 Å². The van der Waals surface area contributed by atoms with Crippen molar-refractivity contribution in [2.45, 2.75) is 76.6 Å². The molecule has 7 nitrogen and oxygen atoms in total. The second-order valence-electron chi connectivity index (χ2n) is 7.12. The number of hydrogen-bond donors (Lipinski definition) is 4. The summed E-state index contributed by atoms with van der Waals surface area (Å²) in [6, 6.07) is 0. The van der Waals surface area contributed by atoms with E-state index in [0.717, 1.165) is 16.2 Å². The molecule has 2 heterocycles. The zero-order chi connectivity index (χ0) is 26.0. The number of aromatic nitrogens is 2. The van der Waals surface area contributed by atoms with Gasteiger partial charge in [0.05, 0.1) is 17.6 Å².